The molecule has 0 aliphatic rings. The largest absolute Gasteiger partial charge is 0.326 e. The summed E-state index contributed by atoms with van der Waals surface area (Å²) in [5.74, 6) is 0. The summed E-state index contributed by atoms with van der Waals surface area (Å²) in [4.78, 5) is 0. The van der Waals surface area contributed by atoms with Gasteiger partial charge in [-0.2, -0.15) is 5.10 Å². The molecule has 15 heavy (non-hydrogen) atoms. The van der Waals surface area contributed by atoms with E-state index >= 15 is 0 Å². The van der Waals surface area contributed by atoms with E-state index in [1.807, 2.05) is 12.1 Å². The first-order chi connectivity index (χ1) is 7.24. The van der Waals surface area contributed by atoms with E-state index in [1.165, 1.54) is 0 Å². The lowest BCUT2D eigenvalue weighted by Gasteiger charge is -2.05. The van der Waals surface area contributed by atoms with Crippen LogP contribution in [0.2, 0.25) is 10.0 Å². The Kier molecular flexibility index (Phi) is 2.95. The number of halogens is 2. The van der Waals surface area contributed by atoms with E-state index in [-0.39, 0.29) is 0 Å². The van der Waals surface area contributed by atoms with E-state index in [1.54, 1.807) is 12.3 Å². The summed E-state index contributed by atoms with van der Waals surface area (Å²) in [6, 6.07) is 5.46. The zero-order valence-corrected chi connectivity index (χ0v) is 9.31. The summed E-state index contributed by atoms with van der Waals surface area (Å²) >= 11 is 12.0. The van der Waals surface area contributed by atoms with Gasteiger partial charge in [0.2, 0.25) is 0 Å². The van der Waals surface area contributed by atoms with Gasteiger partial charge in [-0.25, -0.2) is 0 Å². The van der Waals surface area contributed by atoms with Crippen molar-refractivity contribution in [3.05, 3.63) is 40.0 Å². The van der Waals surface area contributed by atoms with Gasteiger partial charge in [0.1, 0.15) is 0 Å². The number of nitrogens with zero attached hydrogens (tertiary/aromatic N) is 1. The van der Waals surface area contributed by atoms with E-state index in [0.29, 0.717) is 16.6 Å². The number of hydrogen-bond acceptors (Lipinski definition) is 2. The van der Waals surface area contributed by atoms with Crippen molar-refractivity contribution in [1.82, 2.24) is 10.2 Å². The molecule has 3 nitrogen and oxygen atoms in total. The molecule has 5 heteroatoms. The Hall–Kier alpha value is -1.03. The quantitative estimate of drug-likeness (QED) is 0.850. The summed E-state index contributed by atoms with van der Waals surface area (Å²) < 4.78 is 0. The second-order valence-corrected chi connectivity index (χ2v) is 3.86. The average Bonchev–Trinajstić information content (AvgIpc) is 2.70. The number of nitrogens with two attached hydrogens (primary N) is 1. The van der Waals surface area contributed by atoms with Gasteiger partial charge in [0.25, 0.3) is 0 Å². The second-order valence-electron chi connectivity index (χ2n) is 3.08. The van der Waals surface area contributed by atoms with Gasteiger partial charge in [-0.15, -0.1) is 0 Å². The van der Waals surface area contributed by atoms with Gasteiger partial charge in [0.15, 0.2) is 0 Å². The van der Waals surface area contributed by atoms with Crippen molar-refractivity contribution in [3.63, 3.8) is 0 Å². The van der Waals surface area contributed by atoms with Gasteiger partial charge in [-0.3, -0.25) is 5.10 Å². The Morgan fingerprint density at radius 3 is 2.87 bits per heavy atom. The second kappa shape index (κ2) is 4.23. The maximum absolute atomic E-state index is 6.09. The molecule has 0 bridgehead atoms. The molecule has 0 saturated carbocycles. The van der Waals surface area contributed by atoms with Gasteiger partial charge in [-0.1, -0.05) is 35.3 Å². The molecule has 0 radical (unpaired) electrons. The highest BCUT2D eigenvalue weighted by Crippen LogP contribution is 2.33. The highest BCUT2D eigenvalue weighted by Gasteiger charge is 2.11. The van der Waals surface area contributed by atoms with Crippen LogP contribution in [0.15, 0.2) is 24.4 Å². The van der Waals surface area contributed by atoms with Crippen LogP contribution in [0.1, 0.15) is 5.56 Å². The van der Waals surface area contributed by atoms with Crippen molar-refractivity contribution in [1.29, 1.82) is 0 Å². The molecule has 0 spiro atoms. The van der Waals surface area contributed by atoms with Crippen LogP contribution in [0.3, 0.4) is 0 Å². The third kappa shape index (κ3) is 1.86. The Labute approximate surface area is 97.2 Å². The maximum atomic E-state index is 6.09. The molecule has 1 aromatic heterocycles. The Bertz CT molecular complexity index is 479. The molecule has 0 fully saturated rings. The SMILES string of the molecule is NCc1cn[nH]c1-c1cccc(Cl)c1Cl. The van der Waals surface area contributed by atoms with Crippen molar-refractivity contribution < 1.29 is 0 Å². The van der Waals surface area contributed by atoms with Gasteiger partial charge in [-0.05, 0) is 6.07 Å². The minimum absolute atomic E-state index is 0.411. The van der Waals surface area contributed by atoms with Crippen molar-refractivity contribution in [3.8, 4) is 11.3 Å². The Morgan fingerprint density at radius 1 is 1.33 bits per heavy atom. The van der Waals surface area contributed by atoms with Crippen LogP contribution < -0.4 is 5.73 Å². The zero-order valence-electron chi connectivity index (χ0n) is 7.80. The number of aromatic nitrogens is 2. The predicted octanol–water partition coefficient (Wildman–Crippen LogP) is 2.84. The smallest absolute Gasteiger partial charge is 0.0710 e. The molecule has 2 rings (SSSR count). The van der Waals surface area contributed by atoms with E-state index in [2.05, 4.69) is 10.2 Å². The predicted molar refractivity (Wildman–Crippen MR) is 61.9 cm³/mol. The molecule has 78 valence electrons. The average molecular weight is 242 g/mol. The molecule has 1 aromatic carbocycles. The molecular weight excluding hydrogens is 233 g/mol. The van der Waals surface area contributed by atoms with Crippen LogP contribution in [-0.4, -0.2) is 10.2 Å². The molecule has 0 aliphatic heterocycles. The lowest BCUT2D eigenvalue weighted by atomic mass is 10.1. The van der Waals surface area contributed by atoms with Crippen LogP contribution in [0, 0.1) is 0 Å². The Balaban J connectivity index is 2.59. The van der Waals surface area contributed by atoms with Crippen LogP contribution in [0.5, 0.6) is 0 Å². The highest BCUT2D eigenvalue weighted by molar-refractivity contribution is 6.43. The van der Waals surface area contributed by atoms with Crippen molar-refractivity contribution >= 4 is 23.2 Å². The summed E-state index contributed by atoms with van der Waals surface area (Å²) in [7, 11) is 0. The minimum atomic E-state index is 0.411. The van der Waals surface area contributed by atoms with E-state index in [4.69, 9.17) is 28.9 Å². The minimum Gasteiger partial charge on any atom is -0.326 e. The van der Waals surface area contributed by atoms with Crippen molar-refractivity contribution in [2.45, 2.75) is 6.54 Å². The van der Waals surface area contributed by atoms with Crippen molar-refractivity contribution in [2.24, 2.45) is 5.73 Å². The van der Waals surface area contributed by atoms with Crippen LogP contribution >= 0.6 is 23.2 Å². The number of nitrogens with one attached hydrogen (secondary N) is 1. The summed E-state index contributed by atoms with van der Waals surface area (Å²) in [5.41, 5.74) is 8.15. The van der Waals surface area contributed by atoms with E-state index in [0.717, 1.165) is 16.8 Å². The topological polar surface area (TPSA) is 54.7 Å². The number of aromatic amines is 1. The molecule has 3 N–H and O–H groups in total. The van der Waals surface area contributed by atoms with Gasteiger partial charge in [0, 0.05) is 17.7 Å². The van der Waals surface area contributed by atoms with Gasteiger partial charge < -0.3 is 5.73 Å². The first-order valence-electron chi connectivity index (χ1n) is 4.40. The maximum Gasteiger partial charge on any atom is 0.0710 e. The van der Waals surface area contributed by atoms with Crippen LogP contribution in [0.25, 0.3) is 11.3 Å². The monoisotopic (exact) mass is 241 g/mol. The molecule has 0 aliphatic carbocycles. The Morgan fingerprint density at radius 2 is 2.13 bits per heavy atom. The third-order valence-electron chi connectivity index (χ3n) is 2.16. The molecule has 0 amide bonds. The van der Waals surface area contributed by atoms with Gasteiger partial charge >= 0.3 is 0 Å². The first kappa shape index (κ1) is 10.5. The normalized spacial score (nSPS) is 10.6. The molecule has 0 unspecified atom stereocenters. The number of rotatable bonds is 2. The fraction of sp³-hybridized carbons (Fsp3) is 0.100. The van der Waals surface area contributed by atoms with Gasteiger partial charge in [0.05, 0.1) is 21.9 Å². The first-order valence-corrected chi connectivity index (χ1v) is 5.16. The molecular formula is C10H9Cl2N3. The standard InChI is InChI=1S/C10H9Cl2N3/c11-8-3-1-2-7(9(8)12)10-6(4-13)5-14-15-10/h1-3,5H,4,13H2,(H,14,15). The van der Waals surface area contributed by atoms with E-state index < -0.39 is 0 Å². The van der Waals surface area contributed by atoms with Crippen molar-refractivity contribution in [2.75, 3.05) is 0 Å². The number of H-pyrrole nitrogens is 1. The molecule has 0 saturated heterocycles. The fourth-order valence-electron chi connectivity index (χ4n) is 1.40. The highest BCUT2D eigenvalue weighted by atomic mass is 35.5. The summed E-state index contributed by atoms with van der Waals surface area (Å²) in [6.07, 6.45) is 1.69. The van der Waals surface area contributed by atoms with Crippen LogP contribution in [0.4, 0.5) is 0 Å². The molecule has 1 heterocycles. The lowest BCUT2D eigenvalue weighted by molar-refractivity contribution is 1.08. The third-order valence-corrected chi connectivity index (χ3v) is 2.98. The van der Waals surface area contributed by atoms with E-state index in [9.17, 15) is 0 Å². The molecule has 2 aromatic rings. The molecule has 0 atom stereocenters. The number of hydrogen-bond donors (Lipinski definition) is 2. The summed E-state index contributed by atoms with van der Waals surface area (Å²) in [5, 5.41) is 7.83. The summed E-state index contributed by atoms with van der Waals surface area (Å²) in [6.45, 7) is 0.411. The number of benzene rings is 1. The van der Waals surface area contributed by atoms with Crippen LogP contribution in [-0.2, 0) is 6.54 Å². The zero-order chi connectivity index (χ0) is 10.8. The lowest BCUT2D eigenvalue weighted by Crippen LogP contribution is -1.96. The fourth-order valence-corrected chi connectivity index (χ4v) is 1.79.